The van der Waals surface area contributed by atoms with Crippen LogP contribution in [0.5, 0.6) is 5.75 Å². The summed E-state index contributed by atoms with van der Waals surface area (Å²) in [5, 5.41) is 14.8. The van der Waals surface area contributed by atoms with Gasteiger partial charge >= 0.3 is 0 Å². The fourth-order valence-electron chi connectivity index (χ4n) is 5.24. The molecule has 1 saturated carbocycles. The highest BCUT2D eigenvalue weighted by Gasteiger charge is 2.25. The van der Waals surface area contributed by atoms with Crippen molar-refractivity contribution in [2.75, 3.05) is 32.8 Å². The maximum absolute atomic E-state index is 9.06. The molecule has 0 amide bonds. The van der Waals surface area contributed by atoms with Gasteiger partial charge in [-0.15, -0.1) is 11.3 Å². The fourth-order valence-corrected chi connectivity index (χ4v) is 6.08. The average molecular weight is 507 g/mol. The molecule has 0 N–H and O–H groups in total. The Morgan fingerprint density at radius 3 is 2.61 bits per heavy atom. The summed E-state index contributed by atoms with van der Waals surface area (Å²) in [5.74, 6) is 2.41. The van der Waals surface area contributed by atoms with E-state index >= 15 is 0 Å². The number of likely N-dealkylation sites (tertiary alicyclic amines) is 1. The topological polar surface area (TPSA) is 65.5 Å². The standard InChI is InChI=1S/C29H38N4O2S/c1-3-32(4-2)19-26-28(34-20-22-5-6-22)12-10-25-27(31-35-29(25)26)11-7-21-13-15-33(16-14-21)18-24-9-8-23(17-30)36-24/h8-10,12,21-22H,3-7,11,13-16,18-20H2,1-2H3. The minimum atomic E-state index is 0.721. The van der Waals surface area contributed by atoms with E-state index in [4.69, 9.17) is 14.5 Å². The van der Waals surface area contributed by atoms with Crippen LogP contribution in [0, 0.1) is 23.2 Å². The molecule has 7 heteroatoms. The van der Waals surface area contributed by atoms with Gasteiger partial charge in [-0.1, -0.05) is 19.0 Å². The summed E-state index contributed by atoms with van der Waals surface area (Å²) in [6.07, 6.45) is 7.13. The zero-order valence-corrected chi connectivity index (χ0v) is 22.5. The van der Waals surface area contributed by atoms with Crippen LogP contribution in [0.2, 0.25) is 0 Å². The van der Waals surface area contributed by atoms with E-state index in [1.54, 1.807) is 11.3 Å². The molecular weight excluding hydrogens is 468 g/mol. The van der Waals surface area contributed by atoms with E-state index < -0.39 is 0 Å². The third-order valence-corrected chi connectivity index (χ3v) is 8.85. The van der Waals surface area contributed by atoms with Crippen LogP contribution in [-0.4, -0.2) is 47.7 Å². The Hall–Kier alpha value is -2.40. The van der Waals surface area contributed by atoms with E-state index in [0.717, 1.165) is 103 Å². The molecule has 1 aromatic carbocycles. The SMILES string of the molecule is CCN(CC)Cc1c(OCC2CC2)ccc2c(CCC3CCN(Cc4ccc(C#N)s4)CC3)noc12. The van der Waals surface area contributed by atoms with Crippen LogP contribution in [0.3, 0.4) is 0 Å². The number of aromatic nitrogens is 1. The van der Waals surface area contributed by atoms with Crippen LogP contribution in [0.25, 0.3) is 11.0 Å². The van der Waals surface area contributed by atoms with Gasteiger partial charge in [0.2, 0.25) is 0 Å². The molecule has 192 valence electrons. The van der Waals surface area contributed by atoms with Crippen molar-refractivity contribution in [3.8, 4) is 11.8 Å². The van der Waals surface area contributed by atoms with Crippen molar-refractivity contribution in [2.24, 2.45) is 11.8 Å². The fraction of sp³-hybridized carbons (Fsp3) is 0.586. The van der Waals surface area contributed by atoms with E-state index in [1.807, 2.05) is 6.07 Å². The van der Waals surface area contributed by atoms with E-state index in [-0.39, 0.29) is 0 Å². The Balaban J connectivity index is 1.20. The van der Waals surface area contributed by atoms with Crippen molar-refractivity contribution in [3.63, 3.8) is 0 Å². The molecule has 3 heterocycles. The Morgan fingerprint density at radius 2 is 1.92 bits per heavy atom. The number of ether oxygens (including phenoxy) is 1. The molecule has 1 aliphatic heterocycles. The molecule has 0 radical (unpaired) electrons. The van der Waals surface area contributed by atoms with Crippen LogP contribution < -0.4 is 4.74 Å². The molecule has 6 nitrogen and oxygen atoms in total. The van der Waals surface area contributed by atoms with Gasteiger partial charge in [0.05, 0.1) is 17.9 Å². The maximum atomic E-state index is 9.06. The van der Waals surface area contributed by atoms with Crippen LogP contribution in [0.1, 0.15) is 67.0 Å². The first kappa shape index (κ1) is 25.3. The summed E-state index contributed by atoms with van der Waals surface area (Å²) in [6.45, 7) is 11.3. The summed E-state index contributed by atoms with van der Waals surface area (Å²) in [7, 11) is 0. The lowest BCUT2D eigenvalue weighted by Crippen LogP contribution is -2.33. The molecule has 0 spiro atoms. The van der Waals surface area contributed by atoms with Crippen LogP contribution in [-0.2, 0) is 19.5 Å². The molecule has 2 fully saturated rings. The molecule has 3 aromatic rings. The summed E-state index contributed by atoms with van der Waals surface area (Å²) < 4.78 is 12.2. The zero-order valence-electron chi connectivity index (χ0n) is 21.7. The number of hydrogen-bond donors (Lipinski definition) is 0. The summed E-state index contributed by atoms with van der Waals surface area (Å²) in [4.78, 5) is 7.03. The number of piperidine rings is 1. The van der Waals surface area contributed by atoms with Gasteiger partial charge in [0.1, 0.15) is 16.7 Å². The van der Waals surface area contributed by atoms with Crippen molar-refractivity contribution < 1.29 is 9.26 Å². The van der Waals surface area contributed by atoms with Gasteiger partial charge in [0.15, 0.2) is 5.58 Å². The van der Waals surface area contributed by atoms with Crippen molar-refractivity contribution in [2.45, 2.75) is 65.5 Å². The predicted octanol–water partition coefficient (Wildman–Crippen LogP) is 6.24. The molecule has 5 rings (SSSR count). The summed E-state index contributed by atoms with van der Waals surface area (Å²) in [6, 6.07) is 10.6. The molecular formula is C29H38N4O2S. The lowest BCUT2D eigenvalue weighted by atomic mass is 9.91. The number of rotatable bonds is 12. The molecule has 0 bridgehead atoms. The second-order valence-electron chi connectivity index (χ2n) is 10.4. The second-order valence-corrected chi connectivity index (χ2v) is 11.6. The number of thiophene rings is 1. The predicted molar refractivity (Wildman–Crippen MR) is 144 cm³/mol. The largest absolute Gasteiger partial charge is 0.493 e. The van der Waals surface area contributed by atoms with Crippen LogP contribution >= 0.6 is 11.3 Å². The highest BCUT2D eigenvalue weighted by molar-refractivity contribution is 7.12. The van der Waals surface area contributed by atoms with Gasteiger partial charge in [-0.3, -0.25) is 9.80 Å². The minimum Gasteiger partial charge on any atom is -0.493 e. The summed E-state index contributed by atoms with van der Waals surface area (Å²) >= 11 is 1.62. The number of aryl methyl sites for hydroxylation is 1. The third kappa shape index (κ3) is 6.11. The molecule has 36 heavy (non-hydrogen) atoms. The highest BCUT2D eigenvalue weighted by atomic mass is 32.1. The van der Waals surface area contributed by atoms with Crippen molar-refractivity contribution in [3.05, 3.63) is 45.3 Å². The maximum Gasteiger partial charge on any atom is 0.175 e. The Bertz CT molecular complexity index is 1180. The molecule has 2 aliphatic rings. The smallest absolute Gasteiger partial charge is 0.175 e. The van der Waals surface area contributed by atoms with Gasteiger partial charge in [-0.25, -0.2) is 0 Å². The lowest BCUT2D eigenvalue weighted by molar-refractivity contribution is 0.173. The average Bonchev–Trinajstić information content (AvgIpc) is 3.47. The second kappa shape index (κ2) is 11.8. The first-order valence-corrected chi connectivity index (χ1v) is 14.4. The monoisotopic (exact) mass is 506 g/mol. The summed E-state index contributed by atoms with van der Waals surface area (Å²) in [5.41, 5.74) is 3.15. The first-order valence-electron chi connectivity index (χ1n) is 13.6. The van der Waals surface area contributed by atoms with E-state index in [9.17, 15) is 0 Å². The molecule has 0 atom stereocenters. The first-order chi connectivity index (χ1) is 17.7. The van der Waals surface area contributed by atoms with Gasteiger partial charge in [-0.2, -0.15) is 5.26 Å². The van der Waals surface area contributed by atoms with E-state index in [1.165, 1.54) is 30.6 Å². The van der Waals surface area contributed by atoms with Gasteiger partial charge in [0, 0.05) is 23.4 Å². The number of benzene rings is 1. The highest BCUT2D eigenvalue weighted by Crippen LogP contribution is 2.35. The molecule has 0 unspecified atom stereocenters. The van der Waals surface area contributed by atoms with E-state index in [2.05, 4.69) is 53.1 Å². The van der Waals surface area contributed by atoms with E-state index in [0.29, 0.717) is 0 Å². The van der Waals surface area contributed by atoms with Crippen molar-refractivity contribution in [1.29, 1.82) is 5.26 Å². The number of nitriles is 1. The van der Waals surface area contributed by atoms with Crippen molar-refractivity contribution >= 4 is 22.3 Å². The Labute approximate surface area is 218 Å². The minimum absolute atomic E-state index is 0.721. The quantitative estimate of drug-likeness (QED) is 0.290. The number of nitrogens with zero attached hydrogens (tertiary/aromatic N) is 4. The van der Waals surface area contributed by atoms with Crippen LogP contribution in [0.4, 0.5) is 0 Å². The van der Waals surface area contributed by atoms with Crippen molar-refractivity contribution in [1.82, 2.24) is 15.0 Å². The van der Waals surface area contributed by atoms with Crippen LogP contribution in [0.15, 0.2) is 28.8 Å². The molecule has 2 aromatic heterocycles. The molecule has 1 saturated heterocycles. The van der Waals surface area contributed by atoms with Gasteiger partial charge in [-0.05, 0) is 101 Å². The Kier molecular flexibility index (Phi) is 8.25. The van der Waals surface area contributed by atoms with Gasteiger partial charge < -0.3 is 9.26 Å². The zero-order chi connectivity index (χ0) is 24.9. The normalized spacial score (nSPS) is 17.2. The number of fused-ring (bicyclic) bond motifs is 1. The van der Waals surface area contributed by atoms with Gasteiger partial charge in [0.25, 0.3) is 0 Å². The lowest BCUT2D eigenvalue weighted by Gasteiger charge is -2.31. The number of hydrogen-bond acceptors (Lipinski definition) is 7. The third-order valence-electron chi connectivity index (χ3n) is 7.87. The Morgan fingerprint density at radius 1 is 1.11 bits per heavy atom. The molecule has 1 aliphatic carbocycles.